The highest BCUT2D eigenvalue weighted by Crippen LogP contribution is 2.42. The summed E-state index contributed by atoms with van der Waals surface area (Å²) in [7, 11) is 0. The molecule has 0 spiro atoms. The molecule has 4 rings (SSSR count). The van der Waals surface area contributed by atoms with E-state index in [4.69, 9.17) is 10.1 Å². The van der Waals surface area contributed by atoms with Crippen LogP contribution in [0.3, 0.4) is 0 Å². The van der Waals surface area contributed by atoms with Gasteiger partial charge in [-0.3, -0.25) is 10.2 Å². The molecule has 3 aromatic rings. The van der Waals surface area contributed by atoms with Crippen LogP contribution in [0.1, 0.15) is 34.0 Å². The standard InChI is InChI=1S/C22H18BrN3O2S2/c1-2-18-25-26-22(30-18)19-20(27)17(29-21(19)24)11-14-5-3-4-6-16(14)28-12-13-7-9-15(23)10-8-13/h3-11,19,24H,2,12H2,1H3/b17-11-,24-21?/t19-/m0/s1. The molecule has 2 aromatic carbocycles. The van der Waals surface area contributed by atoms with Crippen LogP contribution in [0, 0.1) is 5.41 Å². The van der Waals surface area contributed by atoms with Crippen LogP contribution in [-0.4, -0.2) is 21.0 Å². The molecular weight excluding hydrogens is 482 g/mol. The van der Waals surface area contributed by atoms with Gasteiger partial charge in [-0.2, -0.15) is 0 Å². The zero-order valence-corrected chi connectivity index (χ0v) is 19.3. The van der Waals surface area contributed by atoms with Crippen molar-refractivity contribution in [3.63, 3.8) is 0 Å². The summed E-state index contributed by atoms with van der Waals surface area (Å²) in [6, 6.07) is 15.6. The Morgan fingerprint density at radius 1 is 1.17 bits per heavy atom. The van der Waals surface area contributed by atoms with Crippen molar-refractivity contribution in [2.24, 2.45) is 0 Å². The number of halogens is 1. The fraction of sp³-hybridized carbons (Fsp3) is 0.182. The highest BCUT2D eigenvalue weighted by molar-refractivity contribution is 9.10. The number of rotatable bonds is 6. The minimum atomic E-state index is -0.644. The molecule has 1 saturated heterocycles. The van der Waals surface area contributed by atoms with Gasteiger partial charge in [-0.15, -0.1) is 21.5 Å². The van der Waals surface area contributed by atoms with Gasteiger partial charge >= 0.3 is 0 Å². The number of aromatic nitrogens is 2. The molecule has 30 heavy (non-hydrogen) atoms. The molecule has 1 atom stereocenters. The second-order valence-electron chi connectivity index (χ2n) is 6.61. The molecule has 1 aliphatic rings. The maximum atomic E-state index is 13.0. The summed E-state index contributed by atoms with van der Waals surface area (Å²) in [4.78, 5) is 13.5. The van der Waals surface area contributed by atoms with E-state index in [0.717, 1.165) is 27.0 Å². The van der Waals surface area contributed by atoms with E-state index in [0.29, 0.717) is 27.3 Å². The maximum absolute atomic E-state index is 13.0. The Balaban J connectivity index is 1.55. The molecule has 0 saturated carbocycles. The van der Waals surface area contributed by atoms with E-state index in [1.165, 1.54) is 23.1 Å². The molecule has 152 valence electrons. The average Bonchev–Trinajstić information content (AvgIpc) is 3.32. The summed E-state index contributed by atoms with van der Waals surface area (Å²) < 4.78 is 7.03. The van der Waals surface area contributed by atoms with E-state index >= 15 is 0 Å². The first-order valence-electron chi connectivity index (χ1n) is 9.36. The summed E-state index contributed by atoms with van der Waals surface area (Å²) in [6.45, 7) is 2.43. The lowest BCUT2D eigenvalue weighted by Crippen LogP contribution is -2.11. The third-order valence-corrected chi connectivity index (χ3v) is 7.19. The number of nitrogens with one attached hydrogen (secondary N) is 1. The van der Waals surface area contributed by atoms with E-state index < -0.39 is 5.92 Å². The number of carbonyl (C=O) groups excluding carboxylic acids is 1. The van der Waals surface area contributed by atoms with Gasteiger partial charge in [0.05, 0.1) is 9.95 Å². The first-order chi connectivity index (χ1) is 14.5. The highest BCUT2D eigenvalue weighted by Gasteiger charge is 2.39. The van der Waals surface area contributed by atoms with Crippen LogP contribution in [0.15, 0.2) is 57.9 Å². The van der Waals surface area contributed by atoms with E-state index in [2.05, 4.69) is 26.1 Å². The topological polar surface area (TPSA) is 75.9 Å². The Labute approximate surface area is 191 Å². The Kier molecular flexibility index (Phi) is 6.46. The van der Waals surface area contributed by atoms with E-state index in [1.54, 1.807) is 6.08 Å². The van der Waals surface area contributed by atoms with Crippen molar-refractivity contribution >= 4 is 55.9 Å². The number of carbonyl (C=O) groups is 1. The smallest absolute Gasteiger partial charge is 0.186 e. The van der Waals surface area contributed by atoms with Gasteiger partial charge in [0.2, 0.25) is 0 Å². The van der Waals surface area contributed by atoms with Crippen LogP contribution < -0.4 is 4.74 Å². The lowest BCUT2D eigenvalue weighted by molar-refractivity contribution is -0.114. The van der Waals surface area contributed by atoms with Crippen molar-refractivity contribution in [1.82, 2.24) is 10.2 Å². The quantitative estimate of drug-likeness (QED) is 0.429. The van der Waals surface area contributed by atoms with Crippen LogP contribution >= 0.6 is 39.0 Å². The molecule has 1 fully saturated rings. The van der Waals surface area contributed by atoms with Crippen LogP contribution in [-0.2, 0) is 17.8 Å². The summed E-state index contributed by atoms with van der Waals surface area (Å²) in [5, 5.41) is 18.3. The molecule has 0 radical (unpaired) electrons. The normalized spacial score (nSPS) is 17.7. The number of ether oxygens (including phenoxy) is 1. The fourth-order valence-electron chi connectivity index (χ4n) is 2.95. The molecule has 0 unspecified atom stereocenters. The van der Waals surface area contributed by atoms with Crippen molar-refractivity contribution in [2.45, 2.75) is 25.9 Å². The number of benzene rings is 2. The van der Waals surface area contributed by atoms with Gasteiger partial charge in [-0.1, -0.05) is 64.9 Å². The third-order valence-electron chi connectivity index (χ3n) is 4.53. The fourth-order valence-corrected chi connectivity index (χ4v) is 5.16. The van der Waals surface area contributed by atoms with Crippen LogP contribution in [0.5, 0.6) is 5.75 Å². The van der Waals surface area contributed by atoms with Gasteiger partial charge in [0.15, 0.2) is 5.78 Å². The molecule has 8 heteroatoms. The Bertz CT molecular complexity index is 1130. The van der Waals surface area contributed by atoms with Gasteiger partial charge < -0.3 is 4.74 Å². The number of ketones is 1. The summed E-state index contributed by atoms with van der Waals surface area (Å²) in [6.07, 6.45) is 2.57. The first kappa shape index (κ1) is 21.0. The van der Waals surface area contributed by atoms with Gasteiger partial charge in [0.1, 0.15) is 28.3 Å². The van der Waals surface area contributed by atoms with Crippen molar-refractivity contribution < 1.29 is 9.53 Å². The minimum absolute atomic E-state index is 0.105. The molecule has 0 aliphatic carbocycles. The molecule has 1 aromatic heterocycles. The number of hydrogen-bond donors (Lipinski definition) is 1. The van der Waals surface area contributed by atoms with Crippen LogP contribution in [0.25, 0.3) is 6.08 Å². The zero-order valence-electron chi connectivity index (χ0n) is 16.1. The van der Waals surface area contributed by atoms with Crippen molar-refractivity contribution in [2.75, 3.05) is 0 Å². The predicted molar refractivity (Wildman–Crippen MR) is 125 cm³/mol. The number of hydrogen-bond acceptors (Lipinski definition) is 7. The average molecular weight is 500 g/mol. The molecule has 5 nitrogen and oxygen atoms in total. The molecule has 2 heterocycles. The minimum Gasteiger partial charge on any atom is -0.488 e. The Hall–Kier alpha value is -2.29. The molecular formula is C22H18BrN3O2S2. The number of Topliss-reactive ketones (excluding diaryl/α,β-unsaturated/α-hetero) is 1. The lowest BCUT2D eigenvalue weighted by Gasteiger charge is -2.10. The number of allylic oxidation sites excluding steroid dienone is 1. The van der Waals surface area contributed by atoms with Crippen molar-refractivity contribution in [1.29, 1.82) is 5.41 Å². The molecule has 0 amide bonds. The SMILES string of the molecule is CCc1nnc([C@@H]2C(=N)S/C(=C\c3ccccc3OCc3ccc(Br)cc3)C2=O)s1. The third kappa shape index (κ3) is 4.55. The second kappa shape index (κ2) is 9.24. The predicted octanol–water partition coefficient (Wildman–Crippen LogP) is 5.86. The van der Waals surface area contributed by atoms with Crippen molar-refractivity contribution in [3.05, 3.63) is 79.1 Å². The highest BCUT2D eigenvalue weighted by atomic mass is 79.9. The Morgan fingerprint density at radius 3 is 2.67 bits per heavy atom. The van der Waals surface area contributed by atoms with Crippen LogP contribution in [0.2, 0.25) is 0 Å². The second-order valence-corrected chi connectivity index (χ2v) is 9.71. The van der Waals surface area contributed by atoms with Gasteiger partial charge in [-0.05, 0) is 36.3 Å². The van der Waals surface area contributed by atoms with Gasteiger partial charge in [-0.25, -0.2) is 0 Å². The lowest BCUT2D eigenvalue weighted by atomic mass is 10.0. The van der Waals surface area contributed by atoms with Crippen molar-refractivity contribution in [3.8, 4) is 5.75 Å². The maximum Gasteiger partial charge on any atom is 0.186 e. The zero-order chi connectivity index (χ0) is 21.1. The van der Waals surface area contributed by atoms with Gasteiger partial charge in [0.25, 0.3) is 0 Å². The van der Waals surface area contributed by atoms with Gasteiger partial charge in [0, 0.05) is 10.0 Å². The number of thioether (sulfide) groups is 1. The summed E-state index contributed by atoms with van der Waals surface area (Å²) >= 11 is 6.02. The van der Waals surface area contributed by atoms with E-state index in [1.807, 2.05) is 55.5 Å². The molecule has 1 aliphatic heterocycles. The monoisotopic (exact) mass is 499 g/mol. The summed E-state index contributed by atoms with van der Waals surface area (Å²) in [5.74, 6) is -0.0538. The largest absolute Gasteiger partial charge is 0.488 e. The number of nitrogens with zero attached hydrogens (tertiary/aromatic N) is 2. The van der Waals surface area contributed by atoms with E-state index in [-0.39, 0.29) is 5.78 Å². The molecule has 1 N–H and O–H groups in total. The number of aryl methyl sites for hydroxylation is 1. The summed E-state index contributed by atoms with van der Waals surface area (Å²) in [5.41, 5.74) is 1.86. The Morgan fingerprint density at radius 2 is 1.93 bits per heavy atom. The molecule has 0 bridgehead atoms. The number of para-hydroxylation sites is 1. The first-order valence-corrected chi connectivity index (χ1v) is 11.8. The van der Waals surface area contributed by atoms with Crippen LogP contribution in [0.4, 0.5) is 0 Å². The van der Waals surface area contributed by atoms with E-state index in [9.17, 15) is 4.79 Å².